The molecule has 0 bridgehead atoms. The lowest BCUT2D eigenvalue weighted by atomic mass is 10.2. The molecule has 0 aliphatic heterocycles. The van der Waals surface area contributed by atoms with Crippen molar-refractivity contribution in [1.82, 2.24) is 31.2 Å². The molecule has 12 N–H and O–H groups in total. The van der Waals surface area contributed by atoms with Crippen LogP contribution in [0.25, 0.3) is 0 Å². The number of nitrogens with zero attached hydrogens (tertiary/aromatic N) is 6. The monoisotopic (exact) mass is 484 g/mol. The first kappa shape index (κ1) is 24.8. The van der Waals surface area contributed by atoms with E-state index in [-0.39, 0.29) is 36.3 Å². The fourth-order valence-corrected chi connectivity index (χ4v) is 3.86. The average Bonchev–Trinajstić information content (AvgIpc) is 3.42. The Morgan fingerprint density at radius 2 is 1.16 bits per heavy atom. The number of nitrogens with one attached hydrogen (secondary N) is 4. The van der Waals surface area contributed by atoms with Crippen LogP contribution < -0.4 is 44.9 Å². The van der Waals surface area contributed by atoms with Gasteiger partial charge in [-0.2, -0.15) is 10.2 Å². The van der Waals surface area contributed by atoms with E-state index in [4.69, 9.17) is 23.4 Å². The highest BCUT2D eigenvalue weighted by molar-refractivity contribution is 7.15. The quantitative estimate of drug-likeness (QED) is 0.0570. The van der Waals surface area contributed by atoms with E-state index >= 15 is 0 Å². The Hall–Kier alpha value is -3.48. The summed E-state index contributed by atoms with van der Waals surface area (Å²) in [6.07, 6.45) is 2.87. The van der Waals surface area contributed by atoms with Gasteiger partial charge in [0.1, 0.15) is 21.7 Å². The van der Waals surface area contributed by atoms with Crippen molar-refractivity contribution in [2.24, 2.45) is 33.6 Å². The first-order valence-corrected chi connectivity index (χ1v) is 10.8. The van der Waals surface area contributed by atoms with Gasteiger partial charge in [0.2, 0.25) is 22.1 Å². The second-order valence-electron chi connectivity index (χ2n) is 6.10. The molecule has 0 aliphatic carbocycles. The smallest absolute Gasteiger partial charge is 0.233 e. The van der Waals surface area contributed by atoms with Gasteiger partial charge in [0.15, 0.2) is 0 Å². The number of carbonyl (C=O) groups excluding carboxylic acids is 2. The first-order valence-electron chi connectivity index (χ1n) is 9.18. The zero-order chi connectivity index (χ0) is 23.3. The lowest BCUT2D eigenvalue weighted by Crippen LogP contribution is -2.34. The van der Waals surface area contributed by atoms with Crippen molar-refractivity contribution in [3.63, 3.8) is 0 Å². The SMILES string of the molecule is N/N=C(/CC(=O)Nc1nnc(CCCCc2nnc(NC(=O)C/C(=N/N)NN)s2)s1)NN. The van der Waals surface area contributed by atoms with E-state index in [2.05, 4.69) is 52.1 Å². The second kappa shape index (κ2) is 13.0. The van der Waals surface area contributed by atoms with E-state index in [0.717, 1.165) is 22.9 Å². The predicted octanol–water partition coefficient (Wildman–Crippen LogP) is -1.92. The Morgan fingerprint density at radius 3 is 1.50 bits per heavy atom. The minimum atomic E-state index is -0.361. The van der Waals surface area contributed by atoms with Crippen molar-refractivity contribution in [2.75, 3.05) is 10.6 Å². The summed E-state index contributed by atoms with van der Waals surface area (Å²) in [4.78, 5) is 23.7. The third kappa shape index (κ3) is 8.34. The topological polar surface area (TPSA) is 263 Å². The third-order valence-corrected chi connectivity index (χ3v) is 5.56. The van der Waals surface area contributed by atoms with Crippen molar-refractivity contribution in [1.29, 1.82) is 0 Å². The summed E-state index contributed by atoms with van der Waals surface area (Å²) >= 11 is 2.57. The Kier molecular flexibility index (Phi) is 10.1. The molecule has 0 saturated heterocycles. The highest BCUT2D eigenvalue weighted by Crippen LogP contribution is 2.20. The molecule has 18 heteroatoms. The minimum absolute atomic E-state index is 0.0993. The summed E-state index contributed by atoms with van der Waals surface area (Å²) in [5.41, 5.74) is 4.46. The number of anilines is 2. The van der Waals surface area contributed by atoms with Crippen LogP contribution in [0.1, 0.15) is 35.7 Å². The molecule has 0 unspecified atom stereocenters. The van der Waals surface area contributed by atoms with Gasteiger partial charge in [-0.25, -0.2) is 11.7 Å². The zero-order valence-electron chi connectivity index (χ0n) is 16.9. The summed E-state index contributed by atoms with van der Waals surface area (Å²) in [7, 11) is 0. The summed E-state index contributed by atoms with van der Waals surface area (Å²) in [5, 5.41) is 30.3. The molecule has 16 nitrogen and oxygen atoms in total. The number of hydrazone groups is 2. The van der Waals surface area contributed by atoms with Gasteiger partial charge in [-0.1, -0.05) is 22.7 Å². The summed E-state index contributed by atoms with van der Waals surface area (Å²) in [5.74, 6) is 20.1. The first-order chi connectivity index (χ1) is 15.5. The zero-order valence-corrected chi connectivity index (χ0v) is 18.5. The molecular weight excluding hydrogens is 460 g/mol. The molecule has 0 fully saturated rings. The molecule has 0 saturated carbocycles. The molecule has 174 valence electrons. The number of hydrazine groups is 2. The van der Waals surface area contributed by atoms with E-state index in [1.165, 1.54) is 22.7 Å². The maximum atomic E-state index is 11.9. The van der Waals surface area contributed by atoms with E-state index in [9.17, 15) is 9.59 Å². The molecule has 0 spiro atoms. The maximum Gasteiger partial charge on any atom is 0.233 e. The summed E-state index contributed by atoms with van der Waals surface area (Å²) < 4.78 is 0. The van der Waals surface area contributed by atoms with E-state index in [0.29, 0.717) is 23.1 Å². The number of hydrogen-bond donors (Lipinski definition) is 8. The van der Waals surface area contributed by atoms with Crippen LogP contribution in [0.4, 0.5) is 10.3 Å². The summed E-state index contributed by atoms with van der Waals surface area (Å²) in [6, 6.07) is 0. The number of hydrogen-bond acceptors (Lipinski definition) is 14. The molecule has 32 heavy (non-hydrogen) atoms. The molecule has 2 aromatic heterocycles. The van der Waals surface area contributed by atoms with Gasteiger partial charge in [-0.15, -0.1) is 20.4 Å². The lowest BCUT2D eigenvalue weighted by molar-refractivity contribution is -0.116. The van der Waals surface area contributed by atoms with E-state index in [1.807, 2.05) is 0 Å². The number of unbranched alkanes of at least 4 members (excludes halogenated alkanes) is 1. The predicted molar refractivity (Wildman–Crippen MR) is 121 cm³/mol. The molecule has 0 aromatic carbocycles. The van der Waals surface area contributed by atoms with Gasteiger partial charge >= 0.3 is 0 Å². The van der Waals surface area contributed by atoms with Crippen LogP contribution in [-0.2, 0) is 22.4 Å². The normalized spacial score (nSPS) is 11.8. The van der Waals surface area contributed by atoms with Crippen LogP contribution in [0, 0.1) is 0 Å². The second-order valence-corrected chi connectivity index (χ2v) is 8.22. The van der Waals surface area contributed by atoms with Crippen LogP contribution >= 0.6 is 22.7 Å². The van der Waals surface area contributed by atoms with Crippen LogP contribution in [0.15, 0.2) is 10.2 Å². The standard InChI is InChI=1S/C14H24N14O2S2/c15-21-7(22-16)5-9(29)19-13-27-25-11(31-13)3-1-2-4-12-26-28-14(32-12)20-10(30)6-8(23-17)24-18/h1-6,15-18H2,(H,21,22)(H,23,24)(H,19,27,29)(H,20,28,30). The van der Waals surface area contributed by atoms with Crippen molar-refractivity contribution < 1.29 is 9.59 Å². The minimum Gasteiger partial charge on any atom is -0.322 e. The van der Waals surface area contributed by atoms with Gasteiger partial charge in [0.05, 0.1) is 12.8 Å². The molecule has 0 atom stereocenters. The van der Waals surface area contributed by atoms with Gasteiger partial charge in [-0.05, 0) is 12.8 Å². The lowest BCUT2D eigenvalue weighted by Gasteiger charge is -2.02. The molecule has 2 aromatic rings. The Labute approximate surface area is 190 Å². The van der Waals surface area contributed by atoms with Crippen LogP contribution in [0.2, 0.25) is 0 Å². The summed E-state index contributed by atoms with van der Waals surface area (Å²) in [6.45, 7) is 0. The molecular formula is C14H24N14O2S2. The number of nitrogens with two attached hydrogens (primary N) is 4. The fraction of sp³-hybridized carbons (Fsp3) is 0.429. The van der Waals surface area contributed by atoms with Gasteiger partial charge < -0.3 is 33.2 Å². The van der Waals surface area contributed by atoms with Gasteiger partial charge in [-0.3, -0.25) is 9.59 Å². The number of amides is 2. The molecule has 0 aliphatic rings. The van der Waals surface area contributed by atoms with Crippen molar-refractivity contribution in [2.45, 2.75) is 38.5 Å². The highest BCUT2D eigenvalue weighted by atomic mass is 32.1. The van der Waals surface area contributed by atoms with Crippen LogP contribution in [0.5, 0.6) is 0 Å². The third-order valence-electron chi connectivity index (χ3n) is 3.76. The average molecular weight is 485 g/mol. The molecule has 2 amide bonds. The van der Waals surface area contributed by atoms with Crippen molar-refractivity contribution in [3.05, 3.63) is 10.0 Å². The molecule has 0 radical (unpaired) electrons. The number of carbonyl (C=O) groups is 2. The number of rotatable bonds is 11. The highest BCUT2D eigenvalue weighted by Gasteiger charge is 2.12. The fourth-order valence-electron chi connectivity index (χ4n) is 2.26. The Bertz CT molecular complexity index is 879. The van der Waals surface area contributed by atoms with Crippen molar-refractivity contribution >= 4 is 56.4 Å². The number of amidine groups is 2. The molecule has 2 rings (SSSR count). The maximum absolute atomic E-state index is 11.9. The van der Waals surface area contributed by atoms with Gasteiger partial charge in [0.25, 0.3) is 0 Å². The Morgan fingerprint density at radius 1 is 0.750 bits per heavy atom. The molecule has 2 heterocycles. The van der Waals surface area contributed by atoms with Crippen LogP contribution in [0.3, 0.4) is 0 Å². The van der Waals surface area contributed by atoms with Crippen LogP contribution in [-0.4, -0.2) is 43.9 Å². The number of aromatic nitrogens is 4. The van der Waals surface area contributed by atoms with Crippen molar-refractivity contribution in [3.8, 4) is 0 Å². The van der Waals surface area contributed by atoms with E-state index < -0.39 is 0 Å². The number of aryl methyl sites for hydroxylation is 2. The van der Waals surface area contributed by atoms with E-state index in [1.54, 1.807) is 0 Å². The Balaban J connectivity index is 1.70. The van der Waals surface area contributed by atoms with Gasteiger partial charge in [0, 0.05) is 12.8 Å². The largest absolute Gasteiger partial charge is 0.322 e.